The van der Waals surface area contributed by atoms with Crippen LogP contribution >= 0.6 is 0 Å². The summed E-state index contributed by atoms with van der Waals surface area (Å²) in [5, 5.41) is 8.69. The maximum Gasteiger partial charge on any atom is 0.433 e. The minimum atomic E-state index is -5.19. The van der Waals surface area contributed by atoms with Crippen LogP contribution in [0.4, 0.5) is 39.5 Å². The average Bonchev–Trinajstić information content (AvgIpc) is 2.65. The van der Waals surface area contributed by atoms with E-state index < -0.39 is 52.3 Å². The van der Waals surface area contributed by atoms with E-state index in [2.05, 4.69) is 9.97 Å². The molecule has 1 aromatic carbocycles. The van der Waals surface area contributed by atoms with Gasteiger partial charge in [0.05, 0.1) is 22.9 Å². The van der Waals surface area contributed by atoms with Gasteiger partial charge in [-0.3, -0.25) is 0 Å². The number of pyridine rings is 2. The Hall–Kier alpha value is -3.36. The van der Waals surface area contributed by atoms with Crippen molar-refractivity contribution in [2.75, 3.05) is 0 Å². The highest BCUT2D eigenvalue weighted by molar-refractivity contribution is 5.80. The molecule has 12 heteroatoms. The molecule has 2 aromatic heterocycles. The molecule has 3 nitrogen and oxygen atoms in total. The van der Waals surface area contributed by atoms with Crippen LogP contribution in [0.15, 0.2) is 42.5 Å². The van der Waals surface area contributed by atoms with Crippen molar-refractivity contribution in [3.8, 4) is 6.07 Å². The van der Waals surface area contributed by atoms with Crippen molar-refractivity contribution in [2.45, 2.75) is 24.4 Å². The first kappa shape index (κ1) is 22.3. The fraction of sp³-hybridized carbons (Fsp3) is 0.211. The molecule has 0 saturated carbocycles. The molecule has 0 saturated heterocycles. The molecule has 0 aliphatic rings. The maximum absolute atomic E-state index is 13.2. The molecule has 31 heavy (non-hydrogen) atoms. The van der Waals surface area contributed by atoms with Crippen LogP contribution in [-0.2, 0) is 18.5 Å². The maximum atomic E-state index is 13.2. The number of halogens is 9. The molecule has 0 spiro atoms. The molecular formula is C19H8F9N3. The summed E-state index contributed by atoms with van der Waals surface area (Å²) in [6.45, 7) is 0. The molecule has 0 unspecified atom stereocenters. The lowest BCUT2D eigenvalue weighted by Gasteiger charge is -2.15. The van der Waals surface area contributed by atoms with Gasteiger partial charge in [-0.2, -0.15) is 44.8 Å². The van der Waals surface area contributed by atoms with Crippen LogP contribution in [0.25, 0.3) is 11.0 Å². The Bertz CT molecular complexity index is 1150. The number of benzene rings is 1. The van der Waals surface area contributed by atoms with E-state index in [1.165, 1.54) is 0 Å². The Balaban J connectivity index is 2.15. The Labute approximate surface area is 167 Å². The number of rotatable bonds is 2. The Morgan fingerprint density at radius 3 is 1.84 bits per heavy atom. The van der Waals surface area contributed by atoms with E-state index in [4.69, 9.17) is 0 Å². The summed E-state index contributed by atoms with van der Waals surface area (Å²) in [5.74, 6) is -1.35. The molecule has 0 aliphatic carbocycles. The second kappa shape index (κ2) is 7.40. The summed E-state index contributed by atoms with van der Waals surface area (Å²) in [5.41, 5.74) is -5.57. The van der Waals surface area contributed by atoms with Gasteiger partial charge in [0.2, 0.25) is 0 Å². The number of nitrogens with zero attached hydrogens (tertiary/aromatic N) is 3. The smallest absolute Gasteiger partial charge is 0.231 e. The standard InChI is InChI=1S/C19H8F9N3/c20-17(21,22)10-3-1-9(2-4-10)12(8-29)14-6-5-11-13(18(23,24)25)7-15(19(26,27)28)31-16(11)30-14/h1-7,12H/t12-/m1/s1. The van der Waals surface area contributed by atoms with Crippen molar-refractivity contribution in [1.82, 2.24) is 9.97 Å². The third-order valence-electron chi connectivity index (χ3n) is 4.29. The van der Waals surface area contributed by atoms with Gasteiger partial charge in [0.25, 0.3) is 0 Å². The molecule has 3 aromatic rings. The summed E-state index contributed by atoms with van der Waals surface area (Å²) in [4.78, 5) is 6.83. The van der Waals surface area contributed by atoms with E-state index in [1.807, 2.05) is 0 Å². The van der Waals surface area contributed by atoms with E-state index in [9.17, 15) is 44.8 Å². The molecule has 0 radical (unpaired) electrons. The van der Waals surface area contributed by atoms with Gasteiger partial charge in [-0.05, 0) is 35.9 Å². The van der Waals surface area contributed by atoms with Crippen LogP contribution in [0.1, 0.15) is 34.0 Å². The number of hydrogen-bond donors (Lipinski definition) is 0. The molecule has 0 bridgehead atoms. The SMILES string of the molecule is N#C[C@H](c1ccc(C(F)(F)F)cc1)c1ccc2c(C(F)(F)F)cc(C(F)(F)F)nc2n1. The highest BCUT2D eigenvalue weighted by Gasteiger charge is 2.39. The molecule has 0 aliphatic heterocycles. The van der Waals surface area contributed by atoms with Crippen LogP contribution in [0.3, 0.4) is 0 Å². The first-order chi connectivity index (χ1) is 14.2. The van der Waals surface area contributed by atoms with Gasteiger partial charge in [-0.1, -0.05) is 12.1 Å². The van der Waals surface area contributed by atoms with E-state index in [0.29, 0.717) is 12.1 Å². The Morgan fingerprint density at radius 1 is 0.742 bits per heavy atom. The molecule has 0 amide bonds. The highest BCUT2D eigenvalue weighted by Crippen LogP contribution is 2.39. The molecular weight excluding hydrogens is 441 g/mol. The topological polar surface area (TPSA) is 49.6 Å². The number of hydrogen-bond acceptors (Lipinski definition) is 3. The van der Waals surface area contributed by atoms with Crippen molar-refractivity contribution >= 4 is 11.0 Å². The van der Waals surface area contributed by atoms with Crippen molar-refractivity contribution < 1.29 is 39.5 Å². The van der Waals surface area contributed by atoms with Crippen molar-refractivity contribution in [1.29, 1.82) is 5.26 Å². The zero-order valence-corrected chi connectivity index (χ0v) is 14.9. The van der Waals surface area contributed by atoms with Gasteiger partial charge in [-0.15, -0.1) is 0 Å². The number of aromatic nitrogens is 2. The second-order valence-electron chi connectivity index (χ2n) is 6.34. The summed E-state index contributed by atoms with van der Waals surface area (Å²) in [6, 6.07) is 6.74. The third-order valence-corrected chi connectivity index (χ3v) is 4.29. The molecule has 3 rings (SSSR count). The first-order valence-electron chi connectivity index (χ1n) is 8.24. The van der Waals surface area contributed by atoms with E-state index in [-0.39, 0.29) is 17.3 Å². The number of alkyl halides is 9. The van der Waals surface area contributed by atoms with E-state index in [0.717, 1.165) is 24.3 Å². The fourth-order valence-corrected chi connectivity index (χ4v) is 2.84. The van der Waals surface area contributed by atoms with Crippen molar-refractivity contribution in [3.63, 3.8) is 0 Å². The van der Waals surface area contributed by atoms with Gasteiger partial charge >= 0.3 is 18.5 Å². The quantitative estimate of drug-likeness (QED) is 0.429. The van der Waals surface area contributed by atoms with Crippen LogP contribution in [0.2, 0.25) is 0 Å². The van der Waals surface area contributed by atoms with Crippen LogP contribution < -0.4 is 0 Å². The van der Waals surface area contributed by atoms with Crippen molar-refractivity contribution in [3.05, 3.63) is 70.5 Å². The van der Waals surface area contributed by atoms with Gasteiger partial charge < -0.3 is 0 Å². The monoisotopic (exact) mass is 449 g/mol. The summed E-state index contributed by atoms with van der Waals surface area (Å²) in [7, 11) is 0. The normalized spacial score (nSPS) is 13.8. The van der Waals surface area contributed by atoms with Gasteiger partial charge in [0, 0.05) is 5.39 Å². The van der Waals surface area contributed by atoms with Gasteiger partial charge in [0.1, 0.15) is 11.6 Å². The van der Waals surface area contributed by atoms with E-state index >= 15 is 0 Å². The van der Waals surface area contributed by atoms with Crippen molar-refractivity contribution in [2.24, 2.45) is 0 Å². The summed E-state index contributed by atoms with van der Waals surface area (Å²) in [6.07, 6.45) is -15.0. The number of nitriles is 1. The molecule has 162 valence electrons. The molecule has 0 fully saturated rings. The van der Waals surface area contributed by atoms with E-state index in [1.54, 1.807) is 6.07 Å². The van der Waals surface area contributed by atoms with Crippen LogP contribution in [0.5, 0.6) is 0 Å². The largest absolute Gasteiger partial charge is 0.433 e. The lowest BCUT2D eigenvalue weighted by Crippen LogP contribution is -2.14. The zero-order chi connectivity index (χ0) is 23.2. The van der Waals surface area contributed by atoms with Gasteiger partial charge in [0.15, 0.2) is 5.65 Å². The lowest BCUT2D eigenvalue weighted by atomic mass is 9.95. The second-order valence-corrected chi connectivity index (χ2v) is 6.34. The van der Waals surface area contributed by atoms with Crippen LogP contribution in [-0.4, -0.2) is 9.97 Å². The molecule has 2 heterocycles. The molecule has 0 N–H and O–H groups in total. The van der Waals surface area contributed by atoms with Crippen LogP contribution in [0, 0.1) is 11.3 Å². The number of fused-ring (bicyclic) bond motifs is 1. The minimum absolute atomic E-state index is 0.0189. The van der Waals surface area contributed by atoms with Gasteiger partial charge in [-0.25, -0.2) is 9.97 Å². The first-order valence-corrected chi connectivity index (χ1v) is 8.24. The predicted molar refractivity (Wildman–Crippen MR) is 88.4 cm³/mol. The lowest BCUT2D eigenvalue weighted by molar-refractivity contribution is -0.144. The summed E-state index contributed by atoms with van der Waals surface area (Å²) < 4.78 is 117. The third kappa shape index (κ3) is 4.55. The predicted octanol–water partition coefficient (Wildman–Crippen LogP) is 6.34. The minimum Gasteiger partial charge on any atom is -0.231 e. The fourth-order valence-electron chi connectivity index (χ4n) is 2.84. The Morgan fingerprint density at radius 2 is 1.35 bits per heavy atom. The molecule has 1 atom stereocenters. The average molecular weight is 449 g/mol. The zero-order valence-electron chi connectivity index (χ0n) is 14.9. The summed E-state index contributed by atoms with van der Waals surface area (Å²) >= 11 is 0. The highest BCUT2D eigenvalue weighted by atomic mass is 19.4. The Kier molecular flexibility index (Phi) is 5.33.